The smallest absolute Gasteiger partial charge is 0.449 e. The summed E-state index contributed by atoms with van der Waals surface area (Å²) in [5.41, 5.74) is 0. The summed E-state index contributed by atoms with van der Waals surface area (Å²) >= 11 is 0. The highest BCUT2D eigenvalue weighted by Gasteiger charge is 2.13. The van der Waals surface area contributed by atoms with E-state index in [1.165, 1.54) is 25.7 Å². The average Bonchev–Trinajstić information content (AvgIpc) is 2.76. The van der Waals surface area contributed by atoms with Crippen LogP contribution in [0.4, 0.5) is 4.79 Å². The van der Waals surface area contributed by atoms with E-state index in [0.29, 0.717) is 0 Å². The summed E-state index contributed by atoms with van der Waals surface area (Å²) in [7, 11) is 0. The lowest BCUT2D eigenvalue weighted by Crippen LogP contribution is -2.11. The van der Waals surface area contributed by atoms with Crippen LogP contribution in [0, 0.1) is 0 Å². The molecule has 1 unspecified atom stereocenters. The van der Waals surface area contributed by atoms with Gasteiger partial charge < -0.3 is 9.84 Å². The number of rotatable bonds is 8. The van der Waals surface area contributed by atoms with Crippen molar-refractivity contribution in [1.82, 2.24) is 9.55 Å². The van der Waals surface area contributed by atoms with E-state index in [1.807, 2.05) is 0 Å². The van der Waals surface area contributed by atoms with Crippen LogP contribution in [0.1, 0.15) is 58.4 Å². The van der Waals surface area contributed by atoms with Gasteiger partial charge in [0.1, 0.15) is 0 Å². The van der Waals surface area contributed by atoms with Crippen molar-refractivity contribution in [1.29, 1.82) is 0 Å². The number of carbonyl (C=O) groups is 1. The Balaban J connectivity index is 2.38. The Bertz CT molecular complexity index is 363. The molecule has 0 spiro atoms. The molecule has 1 heterocycles. The van der Waals surface area contributed by atoms with Crippen molar-refractivity contribution >= 4 is 6.16 Å². The van der Waals surface area contributed by atoms with Gasteiger partial charge in [-0.1, -0.05) is 39.0 Å². The highest BCUT2D eigenvalue weighted by Crippen LogP contribution is 2.21. The van der Waals surface area contributed by atoms with Crippen LogP contribution in [0.2, 0.25) is 0 Å². The second-order valence-electron chi connectivity index (χ2n) is 4.54. The van der Waals surface area contributed by atoms with E-state index in [1.54, 1.807) is 17.0 Å². The van der Waals surface area contributed by atoms with Crippen LogP contribution in [0.5, 0.6) is 6.01 Å². The molecule has 102 valence electrons. The maximum Gasteiger partial charge on any atom is 0.513 e. The third-order valence-electron chi connectivity index (χ3n) is 3.01. The number of ether oxygens (including phenoxy) is 1. The number of hydrogen-bond acceptors (Lipinski definition) is 3. The molecule has 0 amide bonds. The van der Waals surface area contributed by atoms with Gasteiger partial charge in [0.25, 0.3) is 0 Å². The minimum Gasteiger partial charge on any atom is -0.449 e. The quantitative estimate of drug-likeness (QED) is 0.565. The molecular weight excluding hydrogens is 232 g/mol. The van der Waals surface area contributed by atoms with Crippen LogP contribution in [-0.4, -0.2) is 20.8 Å². The number of hydrogen-bond donors (Lipinski definition) is 1. The van der Waals surface area contributed by atoms with Crippen LogP contribution in [0.3, 0.4) is 0 Å². The maximum absolute atomic E-state index is 10.5. The predicted molar refractivity (Wildman–Crippen MR) is 69.0 cm³/mol. The molecular formula is C13H22N2O3. The molecule has 0 saturated carbocycles. The van der Waals surface area contributed by atoms with Crippen molar-refractivity contribution in [3.8, 4) is 6.01 Å². The molecule has 1 aromatic rings. The monoisotopic (exact) mass is 254 g/mol. The summed E-state index contributed by atoms with van der Waals surface area (Å²) in [4.78, 5) is 14.4. The Kier molecular flexibility index (Phi) is 6.25. The Morgan fingerprint density at radius 3 is 2.83 bits per heavy atom. The second-order valence-corrected chi connectivity index (χ2v) is 4.54. The molecule has 0 fully saturated rings. The highest BCUT2D eigenvalue weighted by atomic mass is 16.7. The molecule has 1 aromatic heterocycles. The standard InChI is InChI=1S/C13H22N2O3/c1-3-4-5-6-7-8-11(2)15-10-9-14-12(15)18-13(16)17/h9-11H,3-8H2,1-2H3,(H,16,17). The Labute approximate surface area is 108 Å². The van der Waals surface area contributed by atoms with E-state index in [0.717, 1.165) is 12.8 Å². The molecule has 0 bridgehead atoms. The van der Waals surface area contributed by atoms with Crippen LogP contribution in [0.25, 0.3) is 0 Å². The number of nitrogens with zero attached hydrogens (tertiary/aromatic N) is 2. The van der Waals surface area contributed by atoms with E-state index < -0.39 is 6.16 Å². The second kappa shape index (κ2) is 7.74. The van der Waals surface area contributed by atoms with Crippen molar-refractivity contribution < 1.29 is 14.6 Å². The Hall–Kier alpha value is -1.52. The van der Waals surface area contributed by atoms with Gasteiger partial charge in [-0.25, -0.2) is 9.78 Å². The molecule has 0 aliphatic rings. The molecule has 0 saturated heterocycles. The summed E-state index contributed by atoms with van der Waals surface area (Å²) < 4.78 is 6.39. The lowest BCUT2D eigenvalue weighted by molar-refractivity contribution is 0.137. The van der Waals surface area contributed by atoms with Crippen molar-refractivity contribution in [2.24, 2.45) is 0 Å². The van der Waals surface area contributed by atoms with Gasteiger partial charge >= 0.3 is 12.2 Å². The molecule has 0 aromatic carbocycles. The first-order valence-electron chi connectivity index (χ1n) is 6.58. The van der Waals surface area contributed by atoms with E-state index in [2.05, 4.69) is 23.6 Å². The molecule has 0 aliphatic carbocycles. The van der Waals surface area contributed by atoms with E-state index in [4.69, 9.17) is 5.11 Å². The zero-order chi connectivity index (χ0) is 13.4. The minimum absolute atomic E-state index is 0.156. The van der Waals surface area contributed by atoms with Gasteiger partial charge in [-0.05, 0) is 13.3 Å². The number of imidazole rings is 1. The average molecular weight is 254 g/mol. The minimum atomic E-state index is -1.32. The van der Waals surface area contributed by atoms with Crippen molar-refractivity contribution in [3.63, 3.8) is 0 Å². The van der Waals surface area contributed by atoms with Crippen molar-refractivity contribution in [2.75, 3.05) is 0 Å². The first kappa shape index (κ1) is 14.5. The highest BCUT2D eigenvalue weighted by molar-refractivity contribution is 5.59. The van der Waals surface area contributed by atoms with E-state index in [-0.39, 0.29) is 12.1 Å². The topological polar surface area (TPSA) is 64.4 Å². The zero-order valence-electron chi connectivity index (χ0n) is 11.1. The van der Waals surface area contributed by atoms with Gasteiger partial charge in [-0.3, -0.25) is 4.57 Å². The van der Waals surface area contributed by atoms with E-state index in [9.17, 15) is 4.79 Å². The molecule has 5 nitrogen and oxygen atoms in total. The molecule has 18 heavy (non-hydrogen) atoms. The third kappa shape index (κ3) is 4.77. The van der Waals surface area contributed by atoms with Crippen LogP contribution < -0.4 is 4.74 Å². The Morgan fingerprint density at radius 2 is 2.17 bits per heavy atom. The lowest BCUT2D eigenvalue weighted by atomic mass is 10.1. The third-order valence-corrected chi connectivity index (χ3v) is 3.01. The molecule has 0 radical (unpaired) electrons. The van der Waals surface area contributed by atoms with Gasteiger partial charge in [0.15, 0.2) is 0 Å². The number of unbranched alkanes of at least 4 members (excludes halogenated alkanes) is 4. The fraction of sp³-hybridized carbons (Fsp3) is 0.692. The maximum atomic E-state index is 10.5. The lowest BCUT2D eigenvalue weighted by Gasteiger charge is -2.14. The van der Waals surface area contributed by atoms with Crippen LogP contribution in [-0.2, 0) is 0 Å². The summed E-state index contributed by atoms with van der Waals surface area (Å²) in [6.45, 7) is 4.25. The van der Waals surface area contributed by atoms with E-state index >= 15 is 0 Å². The van der Waals surface area contributed by atoms with Crippen molar-refractivity contribution in [2.45, 2.75) is 58.4 Å². The summed E-state index contributed by atoms with van der Waals surface area (Å²) in [5, 5.41) is 8.59. The molecule has 5 heteroatoms. The van der Waals surface area contributed by atoms with Gasteiger partial charge in [-0.15, -0.1) is 0 Å². The molecule has 0 aliphatic heterocycles. The predicted octanol–water partition coefficient (Wildman–Crippen LogP) is 3.86. The Morgan fingerprint density at radius 1 is 1.44 bits per heavy atom. The van der Waals surface area contributed by atoms with Gasteiger partial charge in [0.05, 0.1) is 0 Å². The SMILES string of the molecule is CCCCCCCC(C)n1ccnc1OC(=O)O. The van der Waals surface area contributed by atoms with Crippen LogP contribution >= 0.6 is 0 Å². The fourth-order valence-corrected chi connectivity index (χ4v) is 1.97. The van der Waals surface area contributed by atoms with Gasteiger partial charge in [0, 0.05) is 18.4 Å². The summed E-state index contributed by atoms with van der Waals surface area (Å²) in [6, 6.07) is 0.368. The fourth-order valence-electron chi connectivity index (χ4n) is 1.97. The number of aromatic nitrogens is 2. The number of carboxylic acid groups (broad SMARTS) is 1. The summed E-state index contributed by atoms with van der Waals surface area (Å²) in [5.74, 6) is 0. The van der Waals surface area contributed by atoms with Gasteiger partial charge in [0.2, 0.25) is 0 Å². The molecule has 1 rings (SSSR count). The first-order valence-corrected chi connectivity index (χ1v) is 6.58. The first-order chi connectivity index (χ1) is 8.65. The zero-order valence-corrected chi connectivity index (χ0v) is 11.1. The molecule has 1 atom stereocenters. The van der Waals surface area contributed by atoms with Crippen molar-refractivity contribution in [3.05, 3.63) is 12.4 Å². The normalized spacial score (nSPS) is 12.3. The van der Waals surface area contributed by atoms with Crippen LogP contribution in [0.15, 0.2) is 12.4 Å². The molecule has 1 N–H and O–H groups in total. The largest absolute Gasteiger partial charge is 0.513 e. The summed E-state index contributed by atoms with van der Waals surface area (Å²) in [6.07, 6.45) is 9.18. The van der Waals surface area contributed by atoms with Gasteiger partial charge in [-0.2, -0.15) is 0 Å².